The summed E-state index contributed by atoms with van der Waals surface area (Å²) in [4.78, 5) is 12.0. The fourth-order valence-corrected chi connectivity index (χ4v) is 2.15. The van der Waals surface area contributed by atoms with Crippen LogP contribution >= 0.6 is 15.9 Å². The number of hydrogen-bond acceptors (Lipinski definition) is 3. The molecule has 21 heavy (non-hydrogen) atoms. The van der Waals surface area contributed by atoms with E-state index in [1.54, 1.807) is 12.1 Å². The summed E-state index contributed by atoms with van der Waals surface area (Å²) in [5.74, 6) is 0.0204. The van der Waals surface area contributed by atoms with Gasteiger partial charge in [-0.2, -0.15) is 0 Å². The first-order valence-corrected chi connectivity index (χ1v) is 7.45. The first-order valence-electron chi connectivity index (χ1n) is 6.66. The predicted octanol–water partition coefficient (Wildman–Crippen LogP) is 3.77. The highest BCUT2D eigenvalue weighted by molar-refractivity contribution is 9.10. The molecule has 0 unspecified atom stereocenters. The number of furan rings is 1. The summed E-state index contributed by atoms with van der Waals surface area (Å²) in [7, 11) is 0. The molecule has 2 rings (SSSR count). The highest BCUT2D eigenvalue weighted by Gasteiger charge is 2.23. The minimum Gasteiger partial charge on any atom is -0.444 e. The predicted molar refractivity (Wildman–Crippen MR) is 84.1 cm³/mol. The molecular weight excluding hydrogens is 334 g/mol. The van der Waals surface area contributed by atoms with Crippen molar-refractivity contribution in [3.8, 4) is 0 Å². The van der Waals surface area contributed by atoms with Crippen LogP contribution in [0.15, 0.2) is 51.6 Å². The van der Waals surface area contributed by atoms with Crippen LogP contribution in [0.3, 0.4) is 0 Å². The summed E-state index contributed by atoms with van der Waals surface area (Å²) in [6.07, 6.45) is 0. The Bertz CT molecular complexity index is 593. The van der Waals surface area contributed by atoms with E-state index in [0.29, 0.717) is 17.9 Å². The van der Waals surface area contributed by atoms with Crippen LogP contribution in [0.4, 0.5) is 0 Å². The normalized spacial score (nSPS) is 11.4. The zero-order valence-corrected chi connectivity index (χ0v) is 13.6. The Balaban J connectivity index is 1.82. The van der Waals surface area contributed by atoms with E-state index in [0.717, 1.165) is 5.56 Å². The lowest BCUT2D eigenvalue weighted by molar-refractivity contribution is 0.0602. The molecule has 0 fully saturated rings. The molecular formula is C16H18BrNO3. The quantitative estimate of drug-likeness (QED) is 0.861. The third-order valence-electron chi connectivity index (χ3n) is 2.82. The van der Waals surface area contributed by atoms with Crippen LogP contribution in [0.25, 0.3) is 0 Å². The lowest BCUT2D eigenvalue weighted by Gasteiger charge is -2.25. The topological polar surface area (TPSA) is 51.5 Å². The van der Waals surface area contributed by atoms with E-state index >= 15 is 0 Å². The van der Waals surface area contributed by atoms with Crippen molar-refractivity contribution in [3.63, 3.8) is 0 Å². The number of amides is 1. The van der Waals surface area contributed by atoms with Gasteiger partial charge >= 0.3 is 0 Å². The Morgan fingerprint density at radius 3 is 2.57 bits per heavy atom. The highest BCUT2D eigenvalue weighted by Crippen LogP contribution is 2.15. The van der Waals surface area contributed by atoms with E-state index in [4.69, 9.17) is 9.15 Å². The van der Waals surface area contributed by atoms with E-state index in [2.05, 4.69) is 21.2 Å². The second-order valence-corrected chi connectivity index (χ2v) is 6.20. The minimum atomic E-state index is -0.481. The van der Waals surface area contributed by atoms with Crippen molar-refractivity contribution in [1.29, 1.82) is 0 Å². The summed E-state index contributed by atoms with van der Waals surface area (Å²) in [5.41, 5.74) is 0.625. The standard InChI is InChI=1S/C16H18BrNO3/c1-16(2,11-20-10-12-6-4-3-5-7-12)18-15(19)13-8-9-14(17)21-13/h3-9H,10-11H2,1-2H3,(H,18,19). The number of hydrogen-bond donors (Lipinski definition) is 1. The molecule has 112 valence electrons. The Labute approximate surface area is 132 Å². The van der Waals surface area contributed by atoms with Crippen LogP contribution in [0.1, 0.15) is 30.0 Å². The fraction of sp³-hybridized carbons (Fsp3) is 0.312. The summed E-state index contributed by atoms with van der Waals surface area (Å²) < 4.78 is 11.4. The fourth-order valence-electron chi connectivity index (χ4n) is 1.84. The van der Waals surface area contributed by atoms with Gasteiger partial charge in [-0.25, -0.2) is 0 Å². The number of rotatable bonds is 6. The van der Waals surface area contributed by atoms with Crippen LogP contribution < -0.4 is 5.32 Å². The van der Waals surface area contributed by atoms with Gasteiger partial charge in [0.1, 0.15) is 0 Å². The van der Waals surface area contributed by atoms with Crippen LogP contribution in [-0.4, -0.2) is 18.1 Å². The van der Waals surface area contributed by atoms with E-state index in [-0.39, 0.29) is 11.7 Å². The Morgan fingerprint density at radius 1 is 1.24 bits per heavy atom. The zero-order chi connectivity index (χ0) is 15.3. The molecule has 1 aromatic heterocycles. The highest BCUT2D eigenvalue weighted by atomic mass is 79.9. The van der Waals surface area contributed by atoms with Crippen molar-refractivity contribution in [2.45, 2.75) is 26.0 Å². The summed E-state index contributed by atoms with van der Waals surface area (Å²) in [6, 6.07) is 13.2. The van der Waals surface area contributed by atoms with Gasteiger partial charge in [-0.05, 0) is 47.5 Å². The molecule has 4 nitrogen and oxygen atoms in total. The van der Waals surface area contributed by atoms with Gasteiger partial charge < -0.3 is 14.5 Å². The van der Waals surface area contributed by atoms with Gasteiger partial charge in [0.2, 0.25) is 0 Å². The Kier molecular flexibility index (Phi) is 5.20. The van der Waals surface area contributed by atoms with E-state index in [1.807, 2.05) is 44.2 Å². The van der Waals surface area contributed by atoms with Crippen LogP contribution in [-0.2, 0) is 11.3 Å². The smallest absolute Gasteiger partial charge is 0.287 e. The zero-order valence-electron chi connectivity index (χ0n) is 12.1. The lowest BCUT2D eigenvalue weighted by atomic mass is 10.1. The number of nitrogens with one attached hydrogen (secondary N) is 1. The largest absolute Gasteiger partial charge is 0.444 e. The second kappa shape index (κ2) is 6.91. The van der Waals surface area contributed by atoms with Gasteiger partial charge in [0.05, 0.1) is 18.8 Å². The monoisotopic (exact) mass is 351 g/mol. The molecule has 1 heterocycles. The number of carbonyl (C=O) groups excluding carboxylic acids is 1. The van der Waals surface area contributed by atoms with Crippen molar-refractivity contribution in [2.24, 2.45) is 0 Å². The van der Waals surface area contributed by atoms with Gasteiger partial charge in [0.15, 0.2) is 10.4 Å². The first-order chi connectivity index (χ1) is 9.96. The molecule has 0 aliphatic carbocycles. The number of ether oxygens (including phenoxy) is 1. The molecule has 1 amide bonds. The van der Waals surface area contributed by atoms with Gasteiger partial charge in [-0.15, -0.1) is 0 Å². The van der Waals surface area contributed by atoms with E-state index < -0.39 is 5.54 Å². The second-order valence-electron chi connectivity index (χ2n) is 5.42. The molecule has 0 spiro atoms. The third-order valence-corrected chi connectivity index (χ3v) is 3.25. The number of benzene rings is 1. The van der Waals surface area contributed by atoms with Crippen molar-refractivity contribution in [2.75, 3.05) is 6.61 Å². The van der Waals surface area contributed by atoms with E-state index in [9.17, 15) is 4.79 Å². The van der Waals surface area contributed by atoms with Crippen LogP contribution in [0, 0.1) is 0 Å². The van der Waals surface area contributed by atoms with Crippen molar-refractivity contribution >= 4 is 21.8 Å². The molecule has 5 heteroatoms. The summed E-state index contributed by atoms with van der Waals surface area (Å²) >= 11 is 3.18. The summed E-state index contributed by atoms with van der Waals surface area (Å²) in [6.45, 7) is 4.75. The molecule has 1 aromatic carbocycles. The maximum absolute atomic E-state index is 12.0. The molecule has 2 aromatic rings. The number of halogens is 1. The van der Waals surface area contributed by atoms with Crippen molar-refractivity contribution in [3.05, 3.63) is 58.5 Å². The Morgan fingerprint density at radius 2 is 1.95 bits per heavy atom. The maximum Gasteiger partial charge on any atom is 0.287 e. The average Bonchev–Trinajstić information content (AvgIpc) is 2.86. The molecule has 1 N–H and O–H groups in total. The van der Waals surface area contributed by atoms with Crippen molar-refractivity contribution < 1.29 is 13.9 Å². The van der Waals surface area contributed by atoms with Gasteiger partial charge in [-0.1, -0.05) is 30.3 Å². The first kappa shape index (κ1) is 15.8. The Hall–Kier alpha value is -1.59. The molecule has 0 aliphatic rings. The molecule has 0 saturated carbocycles. The average molecular weight is 352 g/mol. The molecule has 0 saturated heterocycles. The van der Waals surface area contributed by atoms with Gasteiger partial charge in [-0.3, -0.25) is 4.79 Å². The minimum absolute atomic E-state index is 0.256. The molecule has 0 bridgehead atoms. The lowest BCUT2D eigenvalue weighted by Crippen LogP contribution is -2.46. The molecule has 0 aliphatic heterocycles. The summed E-state index contributed by atoms with van der Waals surface area (Å²) in [5, 5.41) is 2.89. The molecule has 0 radical (unpaired) electrons. The van der Waals surface area contributed by atoms with Crippen LogP contribution in [0.5, 0.6) is 0 Å². The SMILES string of the molecule is CC(C)(COCc1ccccc1)NC(=O)c1ccc(Br)o1. The molecule has 0 atom stereocenters. The maximum atomic E-state index is 12.0. The van der Waals surface area contributed by atoms with Gasteiger partial charge in [0.25, 0.3) is 5.91 Å². The van der Waals surface area contributed by atoms with Crippen molar-refractivity contribution in [1.82, 2.24) is 5.32 Å². The van der Waals surface area contributed by atoms with Gasteiger partial charge in [0, 0.05) is 0 Å². The van der Waals surface area contributed by atoms with Crippen LogP contribution in [0.2, 0.25) is 0 Å². The van der Waals surface area contributed by atoms with E-state index in [1.165, 1.54) is 0 Å². The number of carbonyl (C=O) groups is 1. The third kappa shape index (κ3) is 5.02.